The van der Waals surface area contributed by atoms with Crippen molar-refractivity contribution in [3.05, 3.63) is 65.9 Å². The summed E-state index contributed by atoms with van der Waals surface area (Å²) in [7, 11) is -3.70. The molecule has 8 nitrogen and oxygen atoms in total. The third-order valence-corrected chi connectivity index (χ3v) is 6.71. The van der Waals surface area contributed by atoms with E-state index in [0.29, 0.717) is 5.69 Å². The first-order valence-electron chi connectivity index (χ1n) is 9.29. The maximum absolute atomic E-state index is 12.9. The van der Waals surface area contributed by atoms with Gasteiger partial charge in [0, 0.05) is 5.69 Å². The minimum Gasteiger partial charge on any atom is -0.490 e. The van der Waals surface area contributed by atoms with E-state index in [1.54, 1.807) is 6.92 Å². The van der Waals surface area contributed by atoms with Crippen LogP contribution in [0.3, 0.4) is 0 Å². The molecular formula is C20H18F3N3O5S. The molecule has 0 bridgehead atoms. The highest BCUT2D eigenvalue weighted by molar-refractivity contribution is 8.25. The predicted molar refractivity (Wildman–Crippen MR) is 111 cm³/mol. The van der Waals surface area contributed by atoms with Crippen LogP contribution >= 0.6 is 10.8 Å². The van der Waals surface area contributed by atoms with Crippen molar-refractivity contribution in [1.29, 1.82) is 0 Å². The largest absolute Gasteiger partial charge is 0.490 e. The number of carbonyl (C=O) groups excluding carboxylic acids is 1. The second-order valence-electron chi connectivity index (χ2n) is 6.90. The number of alkyl halides is 3. The Bertz CT molecular complexity index is 1150. The SMILES string of the molecule is Cc1ncoc1C(=O)Nc1ccc2c(c1)S(O)(O)N(c1ccc(C(F)(F)F)cc1)CCO2. The van der Waals surface area contributed by atoms with Crippen LogP contribution in [0, 0.1) is 6.92 Å². The summed E-state index contributed by atoms with van der Waals surface area (Å²) in [5.41, 5.74) is -0.0427. The van der Waals surface area contributed by atoms with Gasteiger partial charge in [-0.2, -0.15) is 13.2 Å². The lowest BCUT2D eigenvalue weighted by Crippen LogP contribution is -2.29. The third kappa shape index (κ3) is 4.11. The second-order valence-corrected chi connectivity index (χ2v) is 8.81. The molecule has 2 heterocycles. The molecule has 12 heteroatoms. The molecule has 2 aromatic carbocycles. The lowest BCUT2D eigenvalue weighted by Gasteiger charge is -2.42. The topological polar surface area (TPSA) is 108 Å². The average Bonchev–Trinajstić information content (AvgIpc) is 3.12. The van der Waals surface area contributed by atoms with Gasteiger partial charge in [0.25, 0.3) is 5.91 Å². The van der Waals surface area contributed by atoms with Crippen LogP contribution in [-0.4, -0.2) is 33.1 Å². The van der Waals surface area contributed by atoms with Crippen molar-refractivity contribution in [2.45, 2.75) is 18.0 Å². The van der Waals surface area contributed by atoms with Crippen LogP contribution in [0.2, 0.25) is 0 Å². The highest BCUT2D eigenvalue weighted by Gasteiger charge is 2.34. The Morgan fingerprint density at radius 3 is 2.53 bits per heavy atom. The Morgan fingerprint density at radius 2 is 1.91 bits per heavy atom. The first kappa shape index (κ1) is 22.0. The molecule has 0 radical (unpaired) electrons. The van der Waals surface area contributed by atoms with Crippen LogP contribution in [0.1, 0.15) is 21.8 Å². The molecule has 0 unspecified atom stereocenters. The van der Waals surface area contributed by atoms with Crippen LogP contribution in [0.4, 0.5) is 24.5 Å². The maximum Gasteiger partial charge on any atom is 0.416 e. The van der Waals surface area contributed by atoms with Crippen molar-refractivity contribution in [3.8, 4) is 5.75 Å². The average molecular weight is 469 g/mol. The van der Waals surface area contributed by atoms with E-state index in [4.69, 9.17) is 9.15 Å². The number of carbonyl (C=O) groups is 1. The molecule has 3 N–H and O–H groups in total. The zero-order valence-corrected chi connectivity index (χ0v) is 17.4. The summed E-state index contributed by atoms with van der Waals surface area (Å²) in [6.07, 6.45) is -3.38. The van der Waals surface area contributed by atoms with Crippen molar-refractivity contribution in [2.24, 2.45) is 0 Å². The highest BCUT2D eigenvalue weighted by Crippen LogP contribution is 2.58. The highest BCUT2D eigenvalue weighted by atomic mass is 32.3. The molecule has 0 atom stereocenters. The van der Waals surface area contributed by atoms with Gasteiger partial charge in [0.1, 0.15) is 17.3 Å². The van der Waals surface area contributed by atoms with E-state index in [2.05, 4.69) is 10.3 Å². The summed E-state index contributed by atoms with van der Waals surface area (Å²) in [5.74, 6) is -0.381. The van der Waals surface area contributed by atoms with Gasteiger partial charge >= 0.3 is 6.18 Å². The fraction of sp³-hybridized carbons (Fsp3) is 0.200. The van der Waals surface area contributed by atoms with Crippen LogP contribution in [0.25, 0.3) is 0 Å². The van der Waals surface area contributed by atoms with E-state index in [9.17, 15) is 27.1 Å². The molecule has 0 saturated carbocycles. The lowest BCUT2D eigenvalue weighted by atomic mass is 10.2. The number of aromatic nitrogens is 1. The molecule has 3 aromatic rings. The summed E-state index contributed by atoms with van der Waals surface area (Å²) in [6.45, 7) is 1.68. The van der Waals surface area contributed by atoms with Crippen molar-refractivity contribution in [1.82, 2.24) is 4.98 Å². The number of nitrogens with one attached hydrogen (secondary N) is 1. The number of ether oxygens (including phenoxy) is 1. The Labute approximate surface area is 182 Å². The molecule has 1 aromatic heterocycles. The standard InChI is InChI=1S/C20H18F3N3O5S/c1-12-18(31-11-24-12)19(27)25-14-4-7-16-17(10-14)32(28,29)26(8-9-30-16)15-5-2-13(3-6-15)20(21,22)23/h2-7,10-11,28-29H,8-9H2,1H3,(H,25,27). The minimum absolute atomic E-state index is 0.00850. The van der Waals surface area contributed by atoms with Crippen LogP contribution in [0.15, 0.2) is 58.2 Å². The van der Waals surface area contributed by atoms with Gasteiger partial charge in [0.2, 0.25) is 5.76 Å². The number of hydrogen-bond acceptors (Lipinski definition) is 7. The second kappa shape index (κ2) is 8.04. The zero-order chi connectivity index (χ0) is 23.1. The van der Waals surface area contributed by atoms with E-state index in [1.165, 1.54) is 34.6 Å². The van der Waals surface area contributed by atoms with E-state index < -0.39 is 28.4 Å². The number of aryl methyl sites for hydroxylation is 1. The zero-order valence-electron chi connectivity index (χ0n) is 16.6. The molecule has 0 spiro atoms. The van der Waals surface area contributed by atoms with Crippen molar-refractivity contribution in [3.63, 3.8) is 0 Å². The van der Waals surface area contributed by atoms with E-state index >= 15 is 0 Å². The first-order valence-corrected chi connectivity index (χ1v) is 10.8. The number of benzene rings is 2. The van der Waals surface area contributed by atoms with Gasteiger partial charge in [-0.1, -0.05) is 10.8 Å². The van der Waals surface area contributed by atoms with Crippen molar-refractivity contribution >= 4 is 28.1 Å². The lowest BCUT2D eigenvalue weighted by molar-refractivity contribution is -0.137. The molecule has 4 rings (SSSR count). The number of hydrogen-bond donors (Lipinski definition) is 3. The van der Waals surface area contributed by atoms with Crippen molar-refractivity contribution in [2.75, 3.05) is 22.8 Å². The van der Waals surface area contributed by atoms with Gasteiger partial charge < -0.3 is 14.5 Å². The maximum atomic E-state index is 12.9. The summed E-state index contributed by atoms with van der Waals surface area (Å²) >= 11 is 0. The summed E-state index contributed by atoms with van der Waals surface area (Å²) in [4.78, 5) is 16.2. The Hall–Kier alpha value is -3.22. The quantitative estimate of drug-likeness (QED) is 0.485. The van der Waals surface area contributed by atoms with Crippen LogP contribution in [-0.2, 0) is 6.18 Å². The normalized spacial score (nSPS) is 16.5. The number of amides is 1. The molecule has 0 saturated heterocycles. The number of fused-ring (bicyclic) bond motifs is 1. The molecule has 32 heavy (non-hydrogen) atoms. The molecule has 1 aliphatic rings. The smallest absolute Gasteiger partial charge is 0.416 e. The molecule has 170 valence electrons. The Morgan fingerprint density at radius 1 is 1.19 bits per heavy atom. The van der Waals surface area contributed by atoms with Crippen molar-refractivity contribution < 1.29 is 36.2 Å². The number of rotatable bonds is 3. The fourth-order valence-electron chi connectivity index (χ4n) is 3.20. The third-order valence-electron chi connectivity index (χ3n) is 4.79. The molecule has 1 aliphatic heterocycles. The van der Waals surface area contributed by atoms with Gasteiger partial charge in [0.05, 0.1) is 23.5 Å². The van der Waals surface area contributed by atoms with E-state index in [-0.39, 0.29) is 40.9 Å². The van der Waals surface area contributed by atoms with E-state index in [0.717, 1.165) is 18.5 Å². The summed E-state index contributed by atoms with van der Waals surface area (Å²) < 4.78 is 72.6. The molecule has 0 aliphatic carbocycles. The Balaban J connectivity index is 1.65. The summed E-state index contributed by atoms with van der Waals surface area (Å²) in [5, 5.41) is 2.59. The number of halogens is 3. The first-order chi connectivity index (χ1) is 15.1. The number of oxazole rings is 1. The predicted octanol–water partition coefficient (Wildman–Crippen LogP) is 5.18. The Kier molecular flexibility index (Phi) is 5.53. The van der Waals surface area contributed by atoms with E-state index in [1.807, 2.05) is 0 Å². The van der Waals surface area contributed by atoms with Gasteiger partial charge in [-0.05, 0) is 49.4 Å². The monoisotopic (exact) mass is 469 g/mol. The van der Waals surface area contributed by atoms with Gasteiger partial charge in [-0.3, -0.25) is 18.2 Å². The van der Waals surface area contributed by atoms with Gasteiger partial charge in [0.15, 0.2) is 6.39 Å². The molecule has 0 fully saturated rings. The number of anilines is 2. The van der Waals surface area contributed by atoms with Gasteiger partial charge in [-0.15, -0.1) is 0 Å². The molecule has 1 amide bonds. The van der Waals surface area contributed by atoms with Crippen LogP contribution < -0.4 is 14.4 Å². The number of nitrogens with zero attached hydrogens (tertiary/aromatic N) is 2. The molecular weight excluding hydrogens is 451 g/mol. The summed E-state index contributed by atoms with van der Waals surface area (Å²) in [6, 6.07) is 8.41. The van der Waals surface area contributed by atoms with Crippen LogP contribution in [0.5, 0.6) is 5.75 Å². The van der Waals surface area contributed by atoms with Gasteiger partial charge in [-0.25, -0.2) is 4.98 Å². The minimum atomic E-state index is -4.51. The fourth-order valence-corrected chi connectivity index (χ4v) is 4.87.